The van der Waals surface area contributed by atoms with Crippen LogP contribution in [0.2, 0.25) is 0 Å². The highest BCUT2D eigenvalue weighted by atomic mass is 16.5. The molecule has 2 heterocycles. The van der Waals surface area contributed by atoms with E-state index < -0.39 is 0 Å². The lowest BCUT2D eigenvalue weighted by Crippen LogP contribution is -2.31. The van der Waals surface area contributed by atoms with Gasteiger partial charge in [0.25, 0.3) is 0 Å². The fourth-order valence-corrected chi connectivity index (χ4v) is 1.93. The maximum absolute atomic E-state index is 5.88. The van der Waals surface area contributed by atoms with Crippen molar-refractivity contribution in [2.24, 2.45) is 5.73 Å². The van der Waals surface area contributed by atoms with Crippen molar-refractivity contribution in [3.05, 3.63) is 24.0 Å². The van der Waals surface area contributed by atoms with Crippen LogP contribution in [0.25, 0.3) is 0 Å². The van der Waals surface area contributed by atoms with Crippen molar-refractivity contribution in [1.82, 2.24) is 4.98 Å². The Morgan fingerprint density at radius 2 is 2.38 bits per heavy atom. The highest BCUT2D eigenvalue weighted by Gasteiger charge is 2.34. The third kappa shape index (κ3) is 1.29. The number of rotatable bonds is 1. The second-order valence-corrected chi connectivity index (χ2v) is 3.59. The van der Waals surface area contributed by atoms with Gasteiger partial charge in [0.15, 0.2) is 0 Å². The highest BCUT2D eigenvalue weighted by Crippen LogP contribution is 2.37. The van der Waals surface area contributed by atoms with Gasteiger partial charge < -0.3 is 10.5 Å². The van der Waals surface area contributed by atoms with Crippen LogP contribution in [-0.2, 0) is 0 Å². The van der Waals surface area contributed by atoms with Crippen LogP contribution in [0.4, 0.5) is 0 Å². The van der Waals surface area contributed by atoms with E-state index in [1.807, 2.05) is 26.0 Å². The zero-order valence-corrected chi connectivity index (χ0v) is 7.90. The summed E-state index contributed by atoms with van der Waals surface area (Å²) in [7, 11) is 0. The van der Waals surface area contributed by atoms with Crippen LogP contribution in [0.15, 0.2) is 18.3 Å². The van der Waals surface area contributed by atoms with E-state index >= 15 is 0 Å². The van der Waals surface area contributed by atoms with Gasteiger partial charge in [0.2, 0.25) is 0 Å². The van der Waals surface area contributed by atoms with E-state index in [0.29, 0.717) is 0 Å². The van der Waals surface area contributed by atoms with Gasteiger partial charge in [0.1, 0.15) is 11.9 Å². The molecule has 3 heteroatoms. The summed E-state index contributed by atoms with van der Waals surface area (Å²) >= 11 is 0. The van der Waals surface area contributed by atoms with Crippen molar-refractivity contribution in [3.63, 3.8) is 0 Å². The molecule has 0 amide bonds. The monoisotopic (exact) mass is 178 g/mol. The average Bonchev–Trinajstić information content (AvgIpc) is 2.39. The third-order valence-electron chi connectivity index (χ3n) is 2.50. The minimum absolute atomic E-state index is 0.0890. The summed E-state index contributed by atoms with van der Waals surface area (Å²) in [6, 6.07) is 3.92. The number of aromatic nitrogens is 1. The Bertz CT molecular complexity index is 312. The number of nitrogens with two attached hydrogens (primary N) is 1. The Morgan fingerprint density at radius 1 is 1.62 bits per heavy atom. The second-order valence-electron chi connectivity index (χ2n) is 3.59. The minimum atomic E-state index is 0.0890. The van der Waals surface area contributed by atoms with Gasteiger partial charge >= 0.3 is 0 Å². The molecule has 0 unspecified atom stereocenters. The first-order valence-corrected chi connectivity index (χ1v) is 4.57. The predicted octanol–water partition coefficient (Wildman–Crippen LogP) is 1.29. The van der Waals surface area contributed by atoms with E-state index in [0.717, 1.165) is 11.4 Å². The molecule has 3 nitrogen and oxygen atoms in total. The first-order chi connectivity index (χ1) is 6.20. The van der Waals surface area contributed by atoms with Crippen LogP contribution in [0.1, 0.15) is 25.5 Å². The Hall–Kier alpha value is -1.09. The number of hydrogen-bond donors (Lipinski definition) is 1. The summed E-state index contributed by atoms with van der Waals surface area (Å²) in [5, 5.41) is 0. The lowest BCUT2D eigenvalue weighted by Gasteiger charge is -2.17. The molecule has 1 aliphatic heterocycles. The van der Waals surface area contributed by atoms with E-state index in [1.54, 1.807) is 6.20 Å². The third-order valence-corrected chi connectivity index (χ3v) is 2.50. The number of fused-ring (bicyclic) bond motifs is 1. The largest absolute Gasteiger partial charge is 0.488 e. The molecule has 0 radical (unpaired) electrons. The number of nitrogens with zero attached hydrogens (tertiary/aromatic N) is 1. The molecule has 1 aliphatic rings. The maximum Gasteiger partial charge on any atom is 0.141 e. The molecule has 2 rings (SSSR count). The van der Waals surface area contributed by atoms with E-state index in [1.165, 1.54) is 0 Å². The van der Waals surface area contributed by atoms with Crippen LogP contribution in [0.5, 0.6) is 5.75 Å². The smallest absolute Gasteiger partial charge is 0.141 e. The summed E-state index contributed by atoms with van der Waals surface area (Å²) in [4.78, 5) is 4.31. The molecule has 1 aromatic heterocycles. The Labute approximate surface area is 77.9 Å². The number of hydrogen-bond acceptors (Lipinski definition) is 3. The molecular formula is C10H14N2O. The molecule has 0 fully saturated rings. The van der Waals surface area contributed by atoms with Crippen LogP contribution in [0.3, 0.4) is 0 Å². The van der Waals surface area contributed by atoms with Crippen molar-refractivity contribution in [1.29, 1.82) is 0 Å². The quantitative estimate of drug-likeness (QED) is 0.705. The Balaban J connectivity index is 2.40. The van der Waals surface area contributed by atoms with Crippen molar-refractivity contribution >= 4 is 0 Å². The zero-order valence-electron chi connectivity index (χ0n) is 7.90. The van der Waals surface area contributed by atoms with E-state index in [9.17, 15) is 0 Å². The van der Waals surface area contributed by atoms with Crippen molar-refractivity contribution in [2.75, 3.05) is 0 Å². The first kappa shape index (κ1) is 8.51. The molecule has 0 aromatic carbocycles. The zero-order chi connectivity index (χ0) is 9.42. The summed E-state index contributed by atoms with van der Waals surface area (Å²) in [5.41, 5.74) is 6.89. The van der Waals surface area contributed by atoms with Gasteiger partial charge in [-0.05, 0) is 26.0 Å². The second kappa shape index (κ2) is 3.00. The van der Waals surface area contributed by atoms with Gasteiger partial charge in [-0.3, -0.25) is 4.98 Å². The molecule has 70 valence electrons. The first-order valence-electron chi connectivity index (χ1n) is 4.57. The van der Waals surface area contributed by atoms with Gasteiger partial charge in [-0.25, -0.2) is 0 Å². The molecule has 0 bridgehead atoms. The fourth-order valence-electron chi connectivity index (χ4n) is 1.93. The van der Waals surface area contributed by atoms with Gasteiger partial charge in [-0.1, -0.05) is 0 Å². The van der Waals surface area contributed by atoms with Gasteiger partial charge in [-0.15, -0.1) is 0 Å². The van der Waals surface area contributed by atoms with Crippen molar-refractivity contribution in [2.45, 2.75) is 31.9 Å². The van der Waals surface area contributed by atoms with Gasteiger partial charge in [0, 0.05) is 12.2 Å². The summed E-state index contributed by atoms with van der Waals surface area (Å²) in [6.07, 6.45) is 1.93. The molecule has 0 aliphatic carbocycles. The summed E-state index contributed by atoms with van der Waals surface area (Å²) in [6.45, 7) is 4.03. The summed E-state index contributed by atoms with van der Waals surface area (Å²) < 4.78 is 5.64. The number of ether oxygens (including phenoxy) is 1. The van der Waals surface area contributed by atoms with E-state index in [4.69, 9.17) is 10.5 Å². The van der Waals surface area contributed by atoms with Gasteiger partial charge in [0.05, 0.1) is 11.6 Å². The molecule has 0 saturated carbocycles. The standard InChI is InChI=1S/C10H14N2O/c1-6(11)9-7(2)13-8-4-3-5-12-10(8)9/h3-7,9H,11H2,1-2H3/t6-,7+,9+/m0/s1. The topological polar surface area (TPSA) is 48.1 Å². The lowest BCUT2D eigenvalue weighted by atomic mass is 9.94. The minimum Gasteiger partial charge on any atom is -0.488 e. The Kier molecular flexibility index (Phi) is 1.96. The molecule has 2 N–H and O–H groups in total. The van der Waals surface area contributed by atoms with Crippen molar-refractivity contribution in [3.8, 4) is 5.75 Å². The molecule has 1 aromatic rings. The van der Waals surface area contributed by atoms with E-state index in [-0.39, 0.29) is 18.1 Å². The van der Waals surface area contributed by atoms with E-state index in [2.05, 4.69) is 4.98 Å². The summed E-state index contributed by atoms with van der Waals surface area (Å²) in [5.74, 6) is 1.12. The lowest BCUT2D eigenvalue weighted by molar-refractivity contribution is 0.215. The average molecular weight is 178 g/mol. The van der Waals surface area contributed by atoms with Crippen LogP contribution < -0.4 is 10.5 Å². The molecular weight excluding hydrogens is 164 g/mol. The van der Waals surface area contributed by atoms with Crippen LogP contribution >= 0.6 is 0 Å². The SMILES string of the molecule is C[C@H](N)[C@H]1c2ncccc2O[C@@H]1C. The molecule has 0 saturated heterocycles. The number of pyridine rings is 1. The van der Waals surface area contributed by atoms with Crippen molar-refractivity contribution < 1.29 is 4.74 Å². The fraction of sp³-hybridized carbons (Fsp3) is 0.500. The van der Waals surface area contributed by atoms with Crippen LogP contribution in [0, 0.1) is 0 Å². The normalized spacial score (nSPS) is 27.9. The predicted molar refractivity (Wildman–Crippen MR) is 50.7 cm³/mol. The molecule has 0 spiro atoms. The maximum atomic E-state index is 5.88. The van der Waals surface area contributed by atoms with Crippen LogP contribution in [-0.4, -0.2) is 17.1 Å². The van der Waals surface area contributed by atoms with Gasteiger partial charge in [-0.2, -0.15) is 0 Å². The Morgan fingerprint density at radius 3 is 3.08 bits per heavy atom. The molecule has 13 heavy (non-hydrogen) atoms. The highest BCUT2D eigenvalue weighted by molar-refractivity contribution is 5.36. The molecule has 3 atom stereocenters.